The number of hydrogen-bond acceptors (Lipinski definition) is 5. The maximum atomic E-state index is 10.5. The number of halogens is 1. The largest absolute Gasteiger partial charge is 0.365 e. The van der Waals surface area contributed by atoms with Crippen molar-refractivity contribution in [3.8, 4) is 0 Å². The Morgan fingerprint density at radius 1 is 1.72 bits per heavy atom. The van der Waals surface area contributed by atoms with Gasteiger partial charge in [0.05, 0.1) is 4.92 Å². The Hall–Kier alpha value is -1.82. The number of pyridine rings is 1. The molecule has 0 radical (unpaired) electrons. The number of nitro groups is 1. The van der Waals surface area contributed by atoms with Crippen molar-refractivity contribution in [2.75, 3.05) is 6.54 Å². The third-order valence-electron chi connectivity index (χ3n) is 2.79. The van der Waals surface area contributed by atoms with Gasteiger partial charge in [-0.25, -0.2) is 4.98 Å². The molecule has 0 bridgehead atoms. The van der Waals surface area contributed by atoms with Crippen LogP contribution in [-0.4, -0.2) is 27.4 Å². The predicted molar refractivity (Wildman–Crippen MR) is 67.3 cm³/mol. The van der Waals surface area contributed by atoms with Crippen molar-refractivity contribution < 1.29 is 4.92 Å². The van der Waals surface area contributed by atoms with E-state index in [1.54, 1.807) is 12.3 Å². The van der Waals surface area contributed by atoms with E-state index >= 15 is 0 Å². The van der Waals surface area contributed by atoms with Crippen LogP contribution < -0.4 is 5.32 Å². The second-order valence-electron chi connectivity index (χ2n) is 4.15. The first kappa shape index (κ1) is 12.6. The summed E-state index contributed by atoms with van der Waals surface area (Å²) in [5.74, 6) is 0.530. The summed E-state index contributed by atoms with van der Waals surface area (Å²) in [6.07, 6.45) is 2.67. The summed E-state index contributed by atoms with van der Waals surface area (Å²) >= 11 is 5.72. The molecule has 1 aromatic heterocycles. The minimum atomic E-state index is -0.451. The standard InChI is InChI=1S/C11H13ClN4O2/c1-8-4-14-11(7-16(17)18)15(8)6-9-2-3-10(12)13-5-9/h2-3,5,7-8,14H,4,6H2,1H3/b11-7+. The van der Waals surface area contributed by atoms with E-state index in [2.05, 4.69) is 10.3 Å². The van der Waals surface area contributed by atoms with Gasteiger partial charge in [-0.3, -0.25) is 10.1 Å². The minimum Gasteiger partial charge on any atom is -0.365 e. The highest BCUT2D eigenvalue weighted by Gasteiger charge is 2.26. The summed E-state index contributed by atoms with van der Waals surface area (Å²) < 4.78 is 0. The Kier molecular flexibility index (Phi) is 3.66. The summed E-state index contributed by atoms with van der Waals surface area (Å²) in [6.45, 7) is 3.27. The molecule has 0 aliphatic carbocycles. The number of nitrogens with one attached hydrogen (secondary N) is 1. The van der Waals surface area contributed by atoms with Gasteiger partial charge < -0.3 is 10.2 Å². The van der Waals surface area contributed by atoms with Crippen molar-refractivity contribution in [3.05, 3.63) is 51.2 Å². The third kappa shape index (κ3) is 2.89. The zero-order valence-electron chi connectivity index (χ0n) is 9.84. The van der Waals surface area contributed by atoms with Gasteiger partial charge in [-0.05, 0) is 18.6 Å². The number of aromatic nitrogens is 1. The fourth-order valence-electron chi connectivity index (χ4n) is 1.86. The van der Waals surface area contributed by atoms with E-state index < -0.39 is 4.92 Å². The Balaban J connectivity index is 2.15. The first-order chi connectivity index (χ1) is 8.56. The van der Waals surface area contributed by atoms with Crippen LogP contribution in [0.2, 0.25) is 5.15 Å². The van der Waals surface area contributed by atoms with Crippen LogP contribution in [0.1, 0.15) is 12.5 Å². The molecule has 0 amide bonds. The molecule has 0 aromatic carbocycles. The maximum Gasteiger partial charge on any atom is 0.274 e. The number of nitrogens with zero attached hydrogens (tertiary/aromatic N) is 3. The van der Waals surface area contributed by atoms with E-state index in [0.717, 1.165) is 11.8 Å². The zero-order valence-corrected chi connectivity index (χ0v) is 10.6. The molecular formula is C11H13ClN4O2. The average molecular weight is 269 g/mol. The van der Waals surface area contributed by atoms with Crippen molar-refractivity contribution >= 4 is 11.6 Å². The Morgan fingerprint density at radius 3 is 3.11 bits per heavy atom. The lowest BCUT2D eigenvalue weighted by Gasteiger charge is -2.22. The highest BCUT2D eigenvalue weighted by molar-refractivity contribution is 6.29. The molecule has 1 atom stereocenters. The highest BCUT2D eigenvalue weighted by Crippen LogP contribution is 2.18. The van der Waals surface area contributed by atoms with Gasteiger partial charge in [0, 0.05) is 25.3 Å². The molecule has 2 rings (SSSR count). The van der Waals surface area contributed by atoms with Gasteiger partial charge >= 0.3 is 0 Å². The first-order valence-electron chi connectivity index (χ1n) is 5.52. The Labute approximate surface area is 109 Å². The molecular weight excluding hydrogens is 256 g/mol. The van der Waals surface area contributed by atoms with Crippen LogP contribution in [-0.2, 0) is 6.54 Å². The van der Waals surface area contributed by atoms with E-state index in [4.69, 9.17) is 11.6 Å². The Morgan fingerprint density at radius 2 is 2.50 bits per heavy atom. The second-order valence-corrected chi connectivity index (χ2v) is 4.53. The molecule has 1 aliphatic rings. The molecule has 0 spiro atoms. The monoisotopic (exact) mass is 268 g/mol. The average Bonchev–Trinajstić information content (AvgIpc) is 2.64. The van der Waals surface area contributed by atoms with Crippen molar-refractivity contribution in [2.45, 2.75) is 19.5 Å². The summed E-state index contributed by atoms with van der Waals surface area (Å²) in [6, 6.07) is 3.78. The molecule has 1 unspecified atom stereocenters. The molecule has 6 nitrogen and oxygen atoms in total. The maximum absolute atomic E-state index is 10.5. The van der Waals surface area contributed by atoms with Crippen LogP contribution in [0.4, 0.5) is 0 Å². The van der Waals surface area contributed by atoms with Gasteiger partial charge in [-0.15, -0.1) is 0 Å². The van der Waals surface area contributed by atoms with Crippen molar-refractivity contribution in [1.29, 1.82) is 0 Å². The molecule has 18 heavy (non-hydrogen) atoms. The fourth-order valence-corrected chi connectivity index (χ4v) is 1.97. The molecule has 1 N–H and O–H groups in total. The van der Waals surface area contributed by atoms with Gasteiger partial charge in [0.15, 0.2) is 5.82 Å². The van der Waals surface area contributed by atoms with Gasteiger partial charge in [0.25, 0.3) is 6.20 Å². The lowest BCUT2D eigenvalue weighted by Crippen LogP contribution is -2.27. The van der Waals surface area contributed by atoms with Crippen molar-refractivity contribution in [2.24, 2.45) is 0 Å². The SMILES string of the molecule is CC1CN/C(=C\[N+](=O)[O-])N1Cc1ccc(Cl)nc1. The van der Waals surface area contributed by atoms with Crippen LogP contribution in [0.5, 0.6) is 0 Å². The van der Waals surface area contributed by atoms with E-state index in [0.29, 0.717) is 24.1 Å². The van der Waals surface area contributed by atoms with Gasteiger partial charge in [-0.2, -0.15) is 0 Å². The molecule has 7 heteroatoms. The van der Waals surface area contributed by atoms with Gasteiger partial charge in [0.1, 0.15) is 5.15 Å². The van der Waals surface area contributed by atoms with Gasteiger partial charge in [0.2, 0.25) is 0 Å². The smallest absolute Gasteiger partial charge is 0.274 e. The predicted octanol–water partition coefficient (Wildman–Crippen LogP) is 1.60. The number of rotatable bonds is 3. The first-order valence-corrected chi connectivity index (χ1v) is 5.90. The highest BCUT2D eigenvalue weighted by atomic mass is 35.5. The van der Waals surface area contributed by atoms with E-state index in [-0.39, 0.29) is 6.04 Å². The quantitative estimate of drug-likeness (QED) is 0.512. The van der Waals surface area contributed by atoms with E-state index in [1.165, 1.54) is 0 Å². The third-order valence-corrected chi connectivity index (χ3v) is 3.01. The van der Waals surface area contributed by atoms with Crippen LogP contribution in [0.25, 0.3) is 0 Å². The summed E-state index contributed by atoms with van der Waals surface area (Å²) in [5.41, 5.74) is 0.962. The van der Waals surface area contributed by atoms with Crippen molar-refractivity contribution in [1.82, 2.24) is 15.2 Å². The molecule has 1 saturated heterocycles. The fraction of sp³-hybridized carbons (Fsp3) is 0.364. The summed E-state index contributed by atoms with van der Waals surface area (Å²) in [7, 11) is 0. The molecule has 1 fully saturated rings. The van der Waals surface area contributed by atoms with E-state index in [9.17, 15) is 10.1 Å². The topological polar surface area (TPSA) is 71.3 Å². The van der Waals surface area contributed by atoms with Crippen LogP contribution in [0.3, 0.4) is 0 Å². The Bertz CT molecular complexity index is 474. The molecule has 2 heterocycles. The van der Waals surface area contributed by atoms with Gasteiger partial charge in [-0.1, -0.05) is 17.7 Å². The van der Waals surface area contributed by atoms with Crippen molar-refractivity contribution in [3.63, 3.8) is 0 Å². The molecule has 1 aromatic rings. The second kappa shape index (κ2) is 5.22. The van der Waals surface area contributed by atoms with E-state index in [1.807, 2.05) is 17.9 Å². The molecule has 0 saturated carbocycles. The van der Waals surface area contributed by atoms with Crippen LogP contribution in [0, 0.1) is 10.1 Å². The van der Waals surface area contributed by atoms with Crippen LogP contribution >= 0.6 is 11.6 Å². The lowest BCUT2D eigenvalue weighted by molar-refractivity contribution is -0.404. The molecule has 1 aliphatic heterocycles. The summed E-state index contributed by atoms with van der Waals surface area (Å²) in [5, 5.41) is 14.0. The minimum absolute atomic E-state index is 0.201. The summed E-state index contributed by atoms with van der Waals surface area (Å²) in [4.78, 5) is 16.0. The normalized spacial score (nSPS) is 21.1. The van der Waals surface area contributed by atoms with Crippen LogP contribution in [0.15, 0.2) is 30.4 Å². The lowest BCUT2D eigenvalue weighted by atomic mass is 10.2. The molecule has 96 valence electrons. The number of hydrogen-bond donors (Lipinski definition) is 1. The zero-order chi connectivity index (χ0) is 13.1.